The van der Waals surface area contributed by atoms with Gasteiger partial charge >= 0.3 is 6.09 Å². The fourth-order valence-corrected chi connectivity index (χ4v) is 2.68. The molecule has 2 rings (SSSR count). The van der Waals surface area contributed by atoms with E-state index in [9.17, 15) is 4.79 Å². The first-order chi connectivity index (χ1) is 9.39. The van der Waals surface area contributed by atoms with Crippen molar-refractivity contribution in [1.82, 2.24) is 9.88 Å². The molecule has 1 aliphatic heterocycles. The Kier molecular flexibility index (Phi) is 4.52. The molecule has 1 fully saturated rings. The lowest BCUT2D eigenvalue weighted by Gasteiger charge is -2.42. The van der Waals surface area contributed by atoms with Crippen molar-refractivity contribution in [3.63, 3.8) is 0 Å². The number of ether oxygens (including phenoxy) is 1. The number of rotatable bonds is 5. The average molecular weight is 343 g/mol. The second-order valence-corrected chi connectivity index (χ2v) is 6.74. The van der Waals surface area contributed by atoms with E-state index in [0.29, 0.717) is 18.9 Å². The molecule has 1 amide bonds. The minimum Gasteiger partial charge on any atom is -0.490 e. The molecule has 0 unspecified atom stereocenters. The van der Waals surface area contributed by atoms with Crippen LogP contribution in [0.3, 0.4) is 0 Å². The molecule has 0 spiro atoms. The molecule has 1 saturated heterocycles. The highest BCUT2D eigenvalue weighted by Crippen LogP contribution is 2.32. The molecule has 1 N–H and O–H groups in total. The molecule has 0 aliphatic carbocycles. The van der Waals surface area contributed by atoms with E-state index in [4.69, 9.17) is 9.84 Å². The predicted molar refractivity (Wildman–Crippen MR) is 79.0 cm³/mol. The molecular formula is C14H19BrN2O3. The van der Waals surface area contributed by atoms with Gasteiger partial charge in [0.25, 0.3) is 0 Å². The number of halogens is 1. The van der Waals surface area contributed by atoms with Crippen LogP contribution in [0.25, 0.3) is 0 Å². The number of hydrogen-bond acceptors (Lipinski definition) is 3. The van der Waals surface area contributed by atoms with Gasteiger partial charge in [0.15, 0.2) is 5.75 Å². The van der Waals surface area contributed by atoms with Crippen LogP contribution in [0.15, 0.2) is 22.9 Å². The lowest BCUT2D eigenvalue weighted by Crippen LogP contribution is -2.52. The van der Waals surface area contributed by atoms with Gasteiger partial charge in [0.1, 0.15) is 0 Å². The molecule has 1 aliphatic rings. The minimum atomic E-state index is -0.826. The maximum Gasteiger partial charge on any atom is 0.407 e. The number of carboxylic acid groups (broad SMARTS) is 1. The third-order valence-corrected chi connectivity index (χ3v) is 4.19. The number of likely N-dealkylation sites (tertiary alicyclic amines) is 1. The topological polar surface area (TPSA) is 62.7 Å². The monoisotopic (exact) mass is 342 g/mol. The number of amides is 1. The van der Waals surface area contributed by atoms with Crippen LogP contribution in [0.2, 0.25) is 0 Å². The third-order valence-electron chi connectivity index (χ3n) is 3.53. The predicted octanol–water partition coefficient (Wildman–Crippen LogP) is 3.39. The number of aromatic nitrogens is 1. The summed E-state index contributed by atoms with van der Waals surface area (Å²) >= 11 is 3.42. The summed E-state index contributed by atoms with van der Waals surface area (Å²) in [5.41, 5.74) is -0.0892. The Morgan fingerprint density at radius 2 is 2.40 bits per heavy atom. The van der Waals surface area contributed by atoms with Crippen molar-refractivity contribution < 1.29 is 14.6 Å². The minimum absolute atomic E-state index is 0.0892. The Morgan fingerprint density at radius 3 is 2.95 bits per heavy atom. The lowest BCUT2D eigenvalue weighted by atomic mass is 9.82. The van der Waals surface area contributed by atoms with Crippen LogP contribution in [0.1, 0.15) is 26.7 Å². The number of hydrogen-bond donors (Lipinski definition) is 1. The van der Waals surface area contributed by atoms with Crippen LogP contribution in [0.4, 0.5) is 4.79 Å². The summed E-state index contributed by atoms with van der Waals surface area (Å²) in [6, 6.07) is 1.95. The van der Waals surface area contributed by atoms with Crippen molar-refractivity contribution in [1.29, 1.82) is 0 Å². The summed E-state index contributed by atoms with van der Waals surface area (Å²) < 4.78 is 6.67. The molecular weight excluding hydrogens is 324 g/mol. The molecule has 0 aromatic carbocycles. The van der Waals surface area contributed by atoms with E-state index in [1.54, 1.807) is 12.4 Å². The van der Waals surface area contributed by atoms with Crippen LogP contribution in [0, 0.1) is 5.41 Å². The van der Waals surface area contributed by atoms with Crippen molar-refractivity contribution in [2.45, 2.75) is 32.7 Å². The van der Waals surface area contributed by atoms with E-state index in [2.05, 4.69) is 34.8 Å². The van der Waals surface area contributed by atoms with Gasteiger partial charge in [-0.15, -0.1) is 0 Å². The van der Waals surface area contributed by atoms with Crippen LogP contribution in [0.5, 0.6) is 5.75 Å². The lowest BCUT2D eigenvalue weighted by molar-refractivity contribution is 0.0405. The van der Waals surface area contributed by atoms with Crippen molar-refractivity contribution >= 4 is 22.0 Å². The van der Waals surface area contributed by atoms with Gasteiger partial charge in [-0.05, 0) is 34.8 Å². The van der Waals surface area contributed by atoms with E-state index >= 15 is 0 Å². The van der Waals surface area contributed by atoms with Crippen molar-refractivity contribution in [3.05, 3.63) is 22.9 Å². The van der Waals surface area contributed by atoms with Crippen molar-refractivity contribution in [2.75, 3.05) is 13.2 Å². The van der Waals surface area contributed by atoms with Crippen LogP contribution < -0.4 is 4.74 Å². The summed E-state index contributed by atoms with van der Waals surface area (Å²) in [4.78, 5) is 16.5. The van der Waals surface area contributed by atoms with E-state index in [1.807, 2.05) is 6.07 Å². The zero-order valence-electron chi connectivity index (χ0n) is 11.7. The first-order valence-corrected chi connectivity index (χ1v) is 7.40. The van der Waals surface area contributed by atoms with Crippen molar-refractivity contribution in [3.8, 4) is 5.75 Å². The Labute approximate surface area is 127 Å². The maximum absolute atomic E-state index is 11.0. The van der Waals surface area contributed by atoms with Gasteiger partial charge in [-0.25, -0.2) is 4.79 Å². The normalized spacial score (nSPS) is 18.6. The maximum atomic E-state index is 11.0. The Hall–Kier alpha value is -1.30. The zero-order valence-corrected chi connectivity index (χ0v) is 13.3. The van der Waals surface area contributed by atoms with Gasteiger partial charge in [-0.1, -0.05) is 13.8 Å². The molecule has 0 radical (unpaired) electrons. The van der Waals surface area contributed by atoms with E-state index in [0.717, 1.165) is 17.3 Å². The van der Waals surface area contributed by atoms with Gasteiger partial charge < -0.3 is 14.7 Å². The first kappa shape index (κ1) is 15.1. The standard InChI is InChI=1S/C14H19BrN2O3/c1-14(2,7-10-4-6-17(10)13(18)19)9-20-12-8-16-5-3-11(12)15/h3,5,8,10H,4,6-7,9H2,1-2H3,(H,18,19)/t10-/m0/s1. The smallest absolute Gasteiger partial charge is 0.407 e. The fourth-order valence-electron chi connectivity index (χ4n) is 2.34. The Balaban J connectivity index is 1.88. The van der Waals surface area contributed by atoms with Crippen LogP contribution >= 0.6 is 15.9 Å². The summed E-state index contributed by atoms with van der Waals surface area (Å²) in [5.74, 6) is 0.712. The fraction of sp³-hybridized carbons (Fsp3) is 0.571. The molecule has 20 heavy (non-hydrogen) atoms. The van der Waals surface area contributed by atoms with Gasteiger partial charge in [0.2, 0.25) is 0 Å². The molecule has 1 aromatic heterocycles. The first-order valence-electron chi connectivity index (χ1n) is 6.61. The Morgan fingerprint density at radius 1 is 1.65 bits per heavy atom. The molecule has 0 saturated carbocycles. The molecule has 0 bridgehead atoms. The van der Waals surface area contributed by atoms with Crippen LogP contribution in [-0.4, -0.2) is 40.3 Å². The molecule has 110 valence electrons. The second kappa shape index (κ2) is 5.99. The van der Waals surface area contributed by atoms with Crippen molar-refractivity contribution in [2.24, 2.45) is 5.41 Å². The Bertz CT molecular complexity index is 493. The van der Waals surface area contributed by atoms with E-state index in [-0.39, 0.29) is 11.5 Å². The number of nitrogens with zero attached hydrogens (tertiary/aromatic N) is 2. The summed E-state index contributed by atoms with van der Waals surface area (Å²) in [6.07, 6.45) is 4.28. The molecule has 5 nitrogen and oxygen atoms in total. The molecule has 6 heteroatoms. The summed E-state index contributed by atoms with van der Waals surface area (Å²) in [5, 5.41) is 9.03. The van der Waals surface area contributed by atoms with Gasteiger partial charge in [-0.2, -0.15) is 0 Å². The van der Waals surface area contributed by atoms with Gasteiger partial charge in [0, 0.05) is 24.2 Å². The summed E-state index contributed by atoms with van der Waals surface area (Å²) in [7, 11) is 0. The molecule has 1 atom stereocenters. The highest BCUT2D eigenvalue weighted by Gasteiger charge is 2.36. The van der Waals surface area contributed by atoms with Gasteiger partial charge in [0.05, 0.1) is 17.3 Å². The highest BCUT2D eigenvalue weighted by molar-refractivity contribution is 9.10. The number of carbonyl (C=O) groups is 1. The summed E-state index contributed by atoms with van der Waals surface area (Å²) in [6.45, 7) is 5.36. The second-order valence-electron chi connectivity index (χ2n) is 5.88. The highest BCUT2D eigenvalue weighted by atomic mass is 79.9. The van der Waals surface area contributed by atoms with Crippen LogP contribution in [-0.2, 0) is 0 Å². The zero-order chi connectivity index (χ0) is 14.8. The quantitative estimate of drug-likeness (QED) is 0.890. The largest absolute Gasteiger partial charge is 0.490 e. The van der Waals surface area contributed by atoms with Gasteiger partial charge in [-0.3, -0.25) is 4.98 Å². The molecule has 1 aromatic rings. The molecule has 2 heterocycles. The number of pyridine rings is 1. The SMILES string of the molecule is CC(C)(COc1cnccc1Br)C[C@@H]1CCN1C(=O)O. The third kappa shape index (κ3) is 3.62. The van der Waals surface area contributed by atoms with E-state index < -0.39 is 6.09 Å². The van der Waals surface area contributed by atoms with E-state index in [1.165, 1.54) is 4.90 Å². The average Bonchev–Trinajstić information content (AvgIpc) is 2.33.